The second-order valence-corrected chi connectivity index (χ2v) is 3.79. The summed E-state index contributed by atoms with van der Waals surface area (Å²) in [6, 6.07) is 8.60. The number of nitrogens with one attached hydrogen (secondary N) is 1. The Hall–Kier alpha value is -1.35. The minimum Gasteiger partial charge on any atom is -0.396 e. The zero-order chi connectivity index (χ0) is 10.5. The van der Waals surface area contributed by atoms with Gasteiger partial charge >= 0.3 is 0 Å². The maximum atomic E-state index is 8.74. The summed E-state index contributed by atoms with van der Waals surface area (Å²) in [5.41, 5.74) is 5.63. The van der Waals surface area contributed by atoms with Gasteiger partial charge < -0.3 is 10.5 Å². The molecule has 3 heteroatoms. The lowest BCUT2D eigenvalue weighted by atomic mass is 9.96. The Morgan fingerprint density at radius 3 is 3.00 bits per heavy atom. The molecule has 0 spiro atoms. The number of benzene rings is 1. The average Bonchev–Trinajstić information content (AvgIpc) is 2.30. The summed E-state index contributed by atoms with van der Waals surface area (Å²) < 4.78 is 0. The molecule has 0 saturated carbocycles. The van der Waals surface area contributed by atoms with Crippen molar-refractivity contribution in [3.63, 3.8) is 0 Å². The Morgan fingerprint density at radius 1 is 1.27 bits per heavy atom. The van der Waals surface area contributed by atoms with E-state index in [9.17, 15) is 0 Å². The van der Waals surface area contributed by atoms with Crippen LogP contribution in [0.25, 0.3) is 0 Å². The molecule has 0 aromatic heterocycles. The van der Waals surface area contributed by atoms with Crippen molar-refractivity contribution >= 4 is 6.21 Å². The van der Waals surface area contributed by atoms with Crippen LogP contribution < -0.4 is 5.43 Å². The van der Waals surface area contributed by atoms with Crippen LogP contribution in [0, 0.1) is 0 Å². The van der Waals surface area contributed by atoms with Crippen LogP contribution in [0.4, 0.5) is 0 Å². The predicted octanol–water partition coefficient (Wildman–Crippen LogP) is 1.83. The Labute approximate surface area is 89.8 Å². The van der Waals surface area contributed by atoms with E-state index in [0.717, 1.165) is 19.3 Å². The minimum absolute atomic E-state index is 0.275. The molecular weight excluding hydrogens is 188 g/mol. The second kappa shape index (κ2) is 4.94. The molecule has 1 aliphatic rings. The Bertz CT molecular complexity index is 349. The standard InChI is InChI=1S/C12H16N2O/c15-8-4-3-7-12-11-6-2-1-5-10(11)9-13-14-12/h1-2,5-6,9,12,14-15H,3-4,7-8H2. The molecule has 80 valence electrons. The smallest absolute Gasteiger partial charge is 0.0695 e. The molecule has 1 atom stereocenters. The summed E-state index contributed by atoms with van der Waals surface area (Å²) in [5.74, 6) is 0. The maximum Gasteiger partial charge on any atom is 0.0695 e. The molecule has 15 heavy (non-hydrogen) atoms. The number of hydrogen-bond donors (Lipinski definition) is 2. The first-order chi connectivity index (χ1) is 7.42. The van der Waals surface area contributed by atoms with Crippen molar-refractivity contribution in [3.8, 4) is 0 Å². The van der Waals surface area contributed by atoms with Crippen LogP contribution in [0.2, 0.25) is 0 Å². The van der Waals surface area contributed by atoms with E-state index in [1.807, 2.05) is 12.3 Å². The quantitative estimate of drug-likeness (QED) is 0.735. The van der Waals surface area contributed by atoms with Crippen LogP contribution in [0.3, 0.4) is 0 Å². The zero-order valence-electron chi connectivity index (χ0n) is 8.69. The van der Waals surface area contributed by atoms with E-state index in [4.69, 9.17) is 5.11 Å². The van der Waals surface area contributed by atoms with Gasteiger partial charge in [-0.15, -0.1) is 0 Å². The lowest BCUT2D eigenvalue weighted by Gasteiger charge is -2.22. The molecule has 0 amide bonds. The number of fused-ring (bicyclic) bond motifs is 1. The largest absolute Gasteiger partial charge is 0.396 e. The van der Waals surface area contributed by atoms with Gasteiger partial charge in [-0.05, 0) is 30.4 Å². The maximum absolute atomic E-state index is 8.74. The van der Waals surface area contributed by atoms with E-state index >= 15 is 0 Å². The predicted molar refractivity (Wildman–Crippen MR) is 60.8 cm³/mol. The van der Waals surface area contributed by atoms with Crippen LogP contribution in [-0.2, 0) is 0 Å². The molecule has 1 aliphatic heterocycles. The SMILES string of the molecule is OCCCCC1NN=Cc2ccccc21. The molecule has 2 rings (SSSR count). The summed E-state index contributed by atoms with van der Waals surface area (Å²) in [5, 5.41) is 12.9. The fourth-order valence-corrected chi connectivity index (χ4v) is 1.89. The zero-order valence-corrected chi connectivity index (χ0v) is 8.69. The first kappa shape index (κ1) is 10.2. The Balaban J connectivity index is 2.05. The van der Waals surface area contributed by atoms with Crippen molar-refractivity contribution in [2.45, 2.75) is 25.3 Å². The molecule has 0 aliphatic carbocycles. The van der Waals surface area contributed by atoms with Crippen molar-refractivity contribution in [2.75, 3.05) is 6.61 Å². The van der Waals surface area contributed by atoms with Crippen molar-refractivity contribution in [1.29, 1.82) is 0 Å². The van der Waals surface area contributed by atoms with Gasteiger partial charge in [-0.3, -0.25) is 0 Å². The van der Waals surface area contributed by atoms with Gasteiger partial charge in [0, 0.05) is 6.61 Å². The lowest BCUT2D eigenvalue weighted by molar-refractivity contribution is 0.279. The van der Waals surface area contributed by atoms with Gasteiger partial charge in [0.25, 0.3) is 0 Å². The monoisotopic (exact) mass is 204 g/mol. The third-order valence-electron chi connectivity index (χ3n) is 2.71. The molecular formula is C12H16N2O. The van der Waals surface area contributed by atoms with E-state index in [2.05, 4.69) is 28.7 Å². The van der Waals surface area contributed by atoms with Gasteiger partial charge in [0.15, 0.2) is 0 Å². The number of rotatable bonds is 4. The summed E-state index contributed by atoms with van der Waals surface area (Å²) in [6.07, 6.45) is 4.77. The van der Waals surface area contributed by atoms with Crippen LogP contribution in [-0.4, -0.2) is 17.9 Å². The van der Waals surface area contributed by atoms with Crippen molar-refractivity contribution in [3.05, 3.63) is 35.4 Å². The van der Waals surface area contributed by atoms with E-state index in [1.165, 1.54) is 11.1 Å². The summed E-state index contributed by atoms with van der Waals surface area (Å²) in [6.45, 7) is 0.275. The number of nitrogens with zero attached hydrogens (tertiary/aromatic N) is 1. The summed E-state index contributed by atoms with van der Waals surface area (Å²) in [4.78, 5) is 0. The average molecular weight is 204 g/mol. The highest BCUT2D eigenvalue weighted by Gasteiger charge is 2.15. The van der Waals surface area contributed by atoms with Gasteiger partial charge in [-0.2, -0.15) is 5.10 Å². The van der Waals surface area contributed by atoms with Crippen LogP contribution in [0.5, 0.6) is 0 Å². The summed E-state index contributed by atoms with van der Waals surface area (Å²) in [7, 11) is 0. The lowest BCUT2D eigenvalue weighted by Crippen LogP contribution is -2.21. The van der Waals surface area contributed by atoms with Crippen molar-refractivity contribution in [2.24, 2.45) is 5.10 Å². The third-order valence-corrected chi connectivity index (χ3v) is 2.71. The number of aliphatic hydroxyl groups is 1. The van der Waals surface area contributed by atoms with Crippen LogP contribution in [0.15, 0.2) is 29.4 Å². The Morgan fingerprint density at radius 2 is 2.13 bits per heavy atom. The Kier molecular flexibility index (Phi) is 3.35. The van der Waals surface area contributed by atoms with Gasteiger partial charge in [-0.25, -0.2) is 0 Å². The fraction of sp³-hybridized carbons (Fsp3) is 0.417. The highest BCUT2D eigenvalue weighted by molar-refractivity contribution is 5.82. The van der Waals surface area contributed by atoms with E-state index in [0.29, 0.717) is 6.04 Å². The highest BCUT2D eigenvalue weighted by atomic mass is 16.2. The normalized spacial score (nSPS) is 18.3. The van der Waals surface area contributed by atoms with Crippen molar-refractivity contribution in [1.82, 2.24) is 5.43 Å². The van der Waals surface area contributed by atoms with Crippen LogP contribution >= 0.6 is 0 Å². The molecule has 1 unspecified atom stereocenters. The number of hydrogen-bond acceptors (Lipinski definition) is 3. The molecule has 2 N–H and O–H groups in total. The number of aliphatic hydroxyl groups excluding tert-OH is 1. The molecule has 1 heterocycles. The minimum atomic E-state index is 0.275. The van der Waals surface area contributed by atoms with E-state index < -0.39 is 0 Å². The highest BCUT2D eigenvalue weighted by Crippen LogP contribution is 2.24. The molecule has 0 bridgehead atoms. The van der Waals surface area contributed by atoms with Crippen LogP contribution in [0.1, 0.15) is 36.4 Å². The summed E-state index contributed by atoms with van der Waals surface area (Å²) >= 11 is 0. The third kappa shape index (κ3) is 2.36. The fourth-order valence-electron chi connectivity index (χ4n) is 1.89. The molecule has 0 radical (unpaired) electrons. The van der Waals surface area contributed by atoms with Gasteiger partial charge in [-0.1, -0.05) is 24.3 Å². The van der Waals surface area contributed by atoms with Gasteiger partial charge in [0.05, 0.1) is 12.3 Å². The van der Waals surface area contributed by atoms with Gasteiger partial charge in [0.1, 0.15) is 0 Å². The first-order valence-corrected chi connectivity index (χ1v) is 5.40. The van der Waals surface area contributed by atoms with E-state index in [1.54, 1.807) is 0 Å². The molecule has 0 saturated heterocycles. The first-order valence-electron chi connectivity index (χ1n) is 5.40. The molecule has 1 aromatic carbocycles. The molecule has 0 fully saturated rings. The molecule has 3 nitrogen and oxygen atoms in total. The second-order valence-electron chi connectivity index (χ2n) is 3.79. The molecule has 1 aromatic rings. The number of unbranched alkanes of at least 4 members (excludes halogenated alkanes) is 1. The van der Waals surface area contributed by atoms with Crippen molar-refractivity contribution < 1.29 is 5.11 Å². The van der Waals surface area contributed by atoms with E-state index in [-0.39, 0.29) is 6.61 Å². The van der Waals surface area contributed by atoms with Gasteiger partial charge in [0.2, 0.25) is 0 Å². The number of hydrazone groups is 1. The topological polar surface area (TPSA) is 44.6 Å².